The molecule has 0 aromatic heterocycles. The first kappa shape index (κ1) is 14.8. The van der Waals surface area contributed by atoms with Crippen molar-refractivity contribution < 1.29 is 4.92 Å². The van der Waals surface area contributed by atoms with Crippen molar-refractivity contribution in [3.05, 3.63) is 33.9 Å². The molecular formula is C15H23N3O2. The molecular weight excluding hydrogens is 254 g/mol. The highest BCUT2D eigenvalue weighted by Crippen LogP contribution is 2.25. The molecule has 0 saturated carbocycles. The van der Waals surface area contributed by atoms with E-state index in [0.29, 0.717) is 12.2 Å². The maximum atomic E-state index is 10.8. The third-order valence-electron chi connectivity index (χ3n) is 4.14. The molecule has 2 N–H and O–H groups in total. The van der Waals surface area contributed by atoms with E-state index in [-0.39, 0.29) is 10.6 Å². The predicted molar refractivity (Wildman–Crippen MR) is 80.4 cm³/mol. The van der Waals surface area contributed by atoms with Crippen molar-refractivity contribution >= 4 is 11.4 Å². The van der Waals surface area contributed by atoms with Gasteiger partial charge in [0.1, 0.15) is 0 Å². The van der Waals surface area contributed by atoms with Gasteiger partial charge in [-0.15, -0.1) is 0 Å². The van der Waals surface area contributed by atoms with E-state index >= 15 is 0 Å². The Morgan fingerprint density at radius 1 is 1.40 bits per heavy atom. The Morgan fingerprint density at radius 2 is 2.10 bits per heavy atom. The minimum atomic E-state index is -0.365. The number of piperidine rings is 1. The van der Waals surface area contributed by atoms with E-state index in [1.165, 1.54) is 31.7 Å². The largest absolute Gasteiger partial charge is 0.398 e. The predicted octanol–water partition coefficient (Wildman–Crippen LogP) is 3.19. The normalized spacial score (nSPS) is 17.2. The van der Waals surface area contributed by atoms with Crippen molar-refractivity contribution in [2.75, 3.05) is 18.8 Å². The third kappa shape index (κ3) is 3.70. The van der Waals surface area contributed by atoms with Crippen molar-refractivity contribution in [1.82, 2.24) is 4.90 Å². The van der Waals surface area contributed by atoms with Crippen LogP contribution in [0, 0.1) is 16.0 Å². The van der Waals surface area contributed by atoms with E-state index in [1.807, 2.05) is 0 Å². The summed E-state index contributed by atoms with van der Waals surface area (Å²) in [6, 6.07) is 4.71. The first-order valence-corrected chi connectivity index (χ1v) is 7.35. The Balaban J connectivity index is 1.97. The van der Waals surface area contributed by atoms with E-state index in [2.05, 4.69) is 11.8 Å². The summed E-state index contributed by atoms with van der Waals surface area (Å²) in [5, 5.41) is 10.8. The van der Waals surface area contributed by atoms with Gasteiger partial charge >= 0.3 is 0 Å². The lowest BCUT2D eigenvalue weighted by Crippen LogP contribution is -2.33. The Bertz CT molecular complexity index is 468. The van der Waals surface area contributed by atoms with Crippen LogP contribution in [0.25, 0.3) is 0 Å². The number of non-ortho nitro benzene ring substituents is 1. The summed E-state index contributed by atoms with van der Waals surface area (Å²) in [5.74, 6) is 0.846. The van der Waals surface area contributed by atoms with Gasteiger partial charge in [0, 0.05) is 24.4 Å². The van der Waals surface area contributed by atoms with Gasteiger partial charge in [-0.05, 0) is 43.5 Å². The summed E-state index contributed by atoms with van der Waals surface area (Å²) < 4.78 is 0. The molecule has 5 nitrogen and oxygen atoms in total. The Kier molecular flexibility index (Phi) is 4.95. The SMILES string of the molecule is CCCC1CCN(Cc2cc([N+](=O)[O-])ccc2N)CC1. The second-order valence-electron chi connectivity index (χ2n) is 5.65. The van der Waals surface area contributed by atoms with Crippen LogP contribution in [-0.2, 0) is 6.54 Å². The van der Waals surface area contributed by atoms with Crippen LogP contribution in [0.1, 0.15) is 38.2 Å². The molecule has 0 radical (unpaired) electrons. The third-order valence-corrected chi connectivity index (χ3v) is 4.14. The Morgan fingerprint density at radius 3 is 2.70 bits per heavy atom. The fourth-order valence-corrected chi connectivity index (χ4v) is 2.93. The minimum Gasteiger partial charge on any atom is -0.398 e. The molecule has 0 bridgehead atoms. The number of hydrogen-bond donors (Lipinski definition) is 1. The lowest BCUT2D eigenvalue weighted by atomic mass is 9.92. The summed E-state index contributed by atoms with van der Waals surface area (Å²) >= 11 is 0. The van der Waals surface area contributed by atoms with Gasteiger partial charge in [0.25, 0.3) is 5.69 Å². The van der Waals surface area contributed by atoms with Gasteiger partial charge in [-0.3, -0.25) is 15.0 Å². The summed E-state index contributed by atoms with van der Waals surface area (Å²) in [6.45, 7) is 5.07. The molecule has 1 aliphatic rings. The molecule has 0 spiro atoms. The number of likely N-dealkylation sites (tertiary alicyclic amines) is 1. The van der Waals surface area contributed by atoms with Gasteiger partial charge in [0.15, 0.2) is 0 Å². The maximum absolute atomic E-state index is 10.8. The van der Waals surface area contributed by atoms with Crippen LogP contribution < -0.4 is 5.73 Å². The monoisotopic (exact) mass is 277 g/mol. The number of benzene rings is 1. The van der Waals surface area contributed by atoms with Gasteiger partial charge in [-0.25, -0.2) is 0 Å². The number of nitrogen functional groups attached to an aromatic ring is 1. The van der Waals surface area contributed by atoms with Gasteiger partial charge in [0.05, 0.1) is 4.92 Å². The van der Waals surface area contributed by atoms with E-state index in [1.54, 1.807) is 12.1 Å². The lowest BCUT2D eigenvalue weighted by Gasteiger charge is -2.32. The van der Waals surface area contributed by atoms with E-state index in [4.69, 9.17) is 5.73 Å². The molecule has 110 valence electrons. The fraction of sp³-hybridized carbons (Fsp3) is 0.600. The van der Waals surface area contributed by atoms with Crippen LogP contribution in [0.2, 0.25) is 0 Å². The van der Waals surface area contributed by atoms with Crippen molar-refractivity contribution in [2.45, 2.75) is 39.2 Å². The maximum Gasteiger partial charge on any atom is 0.269 e. The molecule has 0 amide bonds. The molecule has 20 heavy (non-hydrogen) atoms. The molecule has 1 aromatic carbocycles. The highest BCUT2D eigenvalue weighted by Gasteiger charge is 2.19. The van der Waals surface area contributed by atoms with Crippen molar-refractivity contribution in [3.8, 4) is 0 Å². The standard InChI is InChI=1S/C15H23N3O2/c1-2-3-12-6-8-17(9-7-12)11-13-10-14(18(19)20)4-5-15(13)16/h4-5,10,12H,2-3,6-9,11,16H2,1H3. The smallest absolute Gasteiger partial charge is 0.269 e. The number of rotatable bonds is 5. The van der Waals surface area contributed by atoms with Crippen LogP contribution >= 0.6 is 0 Å². The van der Waals surface area contributed by atoms with Gasteiger partial charge in [-0.2, -0.15) is 0 Å². The summed E-state index contributed by atoms with van der Waals surface area (Å²) in [6.07, 6.45) is 5.01. The first-order chi connectivity index (χ1) is 9.60. The van der Waals surface area contributed by atoms with Crippen LogP contribution in [0.5, 0.6) is 0 Å². The zero-order chi connectivity index (χ0) is 14.5. The van der Waals surface area contributed by atoms with Crippen molar-refractivity contribution in [3.63, 3.8) is 0 Å². The molecule has 0 aliphatic carbocycles. The van der Waals surface area contributed by atoms with Crippen LogP contribution in [-0.4, -0.2) is 22.9 Å². The zero-order valence-corrected chi connectivity index (χ0v) is 12.0. The van der Waals surface area contributed by atoms with E-state index < -0.39 is 0 Å². The van der Waals surface area contributed by atoms with Gasteiger partial charge < -0.3 is 5.73 Å². The Labute approximate surface area is 119 Å². The average Bonchev–Trinajstić information content (AvgIpc) is 2.43. The van der Waals surface area contributed by atoms with E-state index in [9.17, 15) is 10.1 Å². The number of nitro groups is 1. The van der Waals surface area contributed by atoms with Crippen LogP contribution in [0.4, 0.5) is 11.4 Å². The van der Waals surface area contributed by atoms with Crippen molar-refractivity contribution in [1.29, 1.82) is 0 Å². The number of nitrogens with zero attached hydrogens (tertiary/aromatic N) is 2. The fourth-order valence-electron chi connectivity index (χ4n) is 2.93. The second-order valence-corrected chi connectivity index (χ2v) is 5.65. The number of nitrogens with two attached hydrogens (primary N) is 1. The minimum absolute atomic E-state index is 0.120. The highest BCUT2D eigenvalue weighted by molar-refractivity contribution is 5.52. The molecule has 5 heteroatoms. The molecule has 2 rings (SSSR count). The molecule has 1 aliphatic heterocycles. The molecule has 1 aromatic rings. The van der Waals surface area contributed by atoms with E-state index in [0.717, 1.165) is 24.6 Å². The zero-order valence-electron chi connectivity index (χ0n) is 12.0. The Hall–Kier alpha value is -1.62. The second kappa shape index (κ2) is 6.70. The van der Waals surface area contributed by atoms with Gasteiger partial charge in [-0.1, -0.05) is 19.8 Å². The summed E-state index contributed by atoms with van der Waals surface area (Å²) in [5.41, 5.74) is 7.57. The van der Waals surface area contributed by atoms with Crippen molar-refractivity contribution in [2.24, 2.45) is 5.92 Å². The van der Waals surface area contributed by atoms with Crippen LogP contribution in [0.15, 0.2) is 18.2 Å². The summed E-state index contributed by atoms with van der Waals surface area (Å²) in [4.78, 5) is 12.8. The molecule has 1 heterocycles. The van der Waals surface area contributed by atoms with Gasteiger partial charge in [0.2, 0.25) is 0 Å². The number of nitro benzene ring substituents is 1. The lowest BCUT2D eigenvalue weighted by molar-refractivity contribution is -0.384. The number of hydrogen-bond acceptors (Lipinski definition) is 4. The molecule has 1 saturated heterocycles. The quantitative estimate of drug-likeness (QED) is 0.509. The molecule has 0 atom stereocenters. The van der Waals surface area contributed by atoms with Crippen LogP contribution in [0.3, 0.4) is 0 Å². The highest BCUT2D eigenvalue weighted by atomic mass is 16.6. The first-order valence-electron chi connectivity index (χ1n) is 7.35. The molecule has 0 unspecified atom stereocenters. The summed E-state index contributed by atoms with van der Waals surface area (Å²) in [7, 11) is 0. The molecule has 1 fully saturated rings. The number of anilines is 1. The topological polar surface area (TPSA) is 72.4 Å². The average molecular weight is 277 g/mol.